The number of benzene rings is 2. The van der Waals surface area contributed by atoms with Gasteiger partial charge in [0.05, 0.1) is 14.2 Å². The number of hydrogen-bond donors (Lipinski definition) is 3. The molecule has 0 aliphatic carbocycles. The van der Waals surface area contributed by atoms with Crippen molar-refractivity contribution in [1.29, 1.82) is 0 Å². The van der Waals surface area contributed by atoms with Crippen LogP contribution in [-0.2, 0) is 16.8 Å². The number of nitrogens with two attached hydrogens (primary N) is 1. The van der Waals surface area contributed by atoms with Gasteiger partial charge in [-0.15, -0.1) is 5.70 Å². The molecule has 135 valence electrons. The molecule has 0 bridgehead atoms. The second kappa shape index (κ2) is 8.91. The number of ether oxygens (including phenoxy) is 2. The first-order valence-corrected chi connectivity index (χ1v) is 7.10. The summed E-state index contributed by atoms with van der Waals surface area (Å²) in [6.07, 6.45) is 2.88. The van der Waals surface area contributed by atoms with Crippen molar-refractivity contribution < 1.29 is 36.5 Å². The van der Waals surface area contributed by atoms with Crippen molar-refractivity contribution in [3.8, 4) is 23.0 Å². The molecule has 7 heteroatoms. The minimum atomic E-state index is -0.0678. The van der Waals surface area contributed by atoms with E-state index in [1.807, 2.05) is 0 Å². The van der Waals surface area contributed by atoms with Gasteiger partial charge >= 0.3 is 0 Å². The van der Waals surface area contributed by atoms with Crippen LogP contribution in [0.1, 0.15) is 11.1 Å². The molecule has 0 saturated carbocycles. The fraction of sp³-hybridized carbons (Fsp3) is 0.111. The van der Waals surface area contributed by atoms with E-state index >= 15 is 0 Å². The van der Waals surface area contributed by atoms with Gasteiger partial charge in [0.25, 0.3) is 0 Å². The van der Waals surface area contributed by atoms with Crippen molar-refractivity contribution in [3.63, 3.8) is 0 Å². The van der Waals surface area contributed by atoms with Crippen LogP contribution in [0.2, 0.25) is 0 Å². The van der Waals surface area contributed by atoms with Crippen LogP contribution in [0.15, 0.2) is 47.8 Å². The van der Waals surface area contributed by atoms with Crippen molar-refractivity contribution in [2.24, 2.45) is 5.73 Å². The molecule has 2 aromatic rings. The summed E-state index contributed by atoms with van der Waals surface area (Å²) in [5, 5.41) is 20.1. The molecular formula is C18H19CoN2O4-. The Morgan fingerprint density at radius 1 is 0.920 bits per heavy atom. The molecule has 0 spiro atoms. The maximum absolute atomic E-state index is 10.1. The Hall–Kier alpha value is -2.77. The van der Waals surface area contributed by atoms with Crippen LogP contribution in [0.25, 0.3) is 17.9 Å². The summed E-state index contributed by atoms with van der Waals surface area (Å²) >= 11 is 0. The molecule has 0 heterocycles. The van der Waals surface area contributed by atoms with Gasteiger partial charge in [-0.3, -0.25) is 0 Å². The topological polar surface area (TPSA) is 109 Å². The molecule has 0 amide bonds. The number of nitrogens with one attached hydrogen (secondary N) is 1. The van der Waals surface area contributed by atoms with Gasteiger partial charge in [0.15, 0.2) is 23.0 Å². The third kappa shape index (κ3) is 4.62. The van der Waals surface area contributed by atoms with Gasteiger partial charge in [0, 0.05) is 33.6 Å². The van der Waals surface area contributed by atoms with Gasteiger partial charge in [-0.1, -0.05) is 30.3 Å². The van der Waals surface area contributed by atoms with E-state index in [1.54, 1.807) is 36.4 Å². The number of para-hydroxylation sites is 2. The average Bonchev–Trinajstić information content (AvgIpc) is 2.58. The van der Waals surface area contributed by atoms with Crippen LogP contribution in [-0.4, -0.2) is 24.4 Å². The number of phenols is 2. The first-order chi connectivity index (χ1) is 11.5. The largest absolute Gasteiger partial charge is 0.697 e. The summed E-state index contributed by atoms with van der Waals surface area (Å²) in [5.41, 5.74) is 14.9. The van der Waals surface area contributed by atoms with Gasteiger partial charge in [0.2, 0.25) is 0 Å². The Balaban J connectivity index is 0.00000312. The number of phenolic OH excluding ortho intramolecular Hbond substituents is 2. The maximum Gasteiger partial charge on any atom is 0.165 e. The van der Waals surface area contributed by atoms with E-state index in [0.29, 0.717) is 22.6 Å². The van der Waals surface area contributed by atoms with Crippen LogP contribution < -0.4 is 15.2 Å². The number of aromatic hydroxyl groups is 2. The predicted molar refractivity (Wildman–Crippen MR) is 93.8 cm³/mol. The van der Waals surface area contributed by atoms with Crippen LogP contribution in [0.4, 0.5) is 0 Å². The van der Waals surface area contributed by atoms with E-state index in [0.717, 1.165) is 0 Å². The molecule has 2 aromatic carbocycles. The van der Waals surface area contributed by atoms with Gasteiger partial charge in [-0.25, -0.2) is 0 Å². The minimum absolute atomic E-state index is 0. The van der Waals surface area contributed by atoms with Gasteiger partial charge < -0.3 is 31.2 Å². The minimum Gasteiger partial charge on any atom is -0.697 e. The van der Waals surface area contributed by atoms with Crippen LogP contribution in [0, 0.1) is 0 Å². The van der Waals surface area contributed by atoms with E-state index in [9.17, 15) is 10.2 Å². The van der Waals surface area contributed by atoms with Crippen molar-refractivity contribution >= 4 is 12.2 Å². The van der Waals surface area contributed by atoms with Gasteiger partial charge in [-0.05, 0) is 18.2 Å². The van der Waals surface area contributed by atoms with Crippen LogP contribution >= 0.6 is 0 Å². The van der Waals surface area contributed by atoms with Crippen molar-refractivity contribution in [1.82, 2.24) is 0 Å². The summed E-state index contributed by atoms with van der Waals surface area (Å²) in [4.78, 5) is 0. The molecule has 0 aliphatic rings. The summed E-state index contributed by atoms with van der Waals surface area (Å²) in [6.45, 7) is 0. The molecule has 0 aliphatic heterocycles. The third-order valence-corrected chi connectivity index (χ3v) is 3.42. The zero-order valence-corrected chi connectivity index (χ0v) is 14.8. The Morgan fingerprint density at radius 2 is 1.36 bits per heavy atom. The Labute approximate surface area is 156 Å². The molecule has 0 unspecified atom stereocenters. The smallest absolute Gasteiger partial charge is 0.165 e. The third-order valence-electron chi connectivity index (χ3n) is 3.42. The SMILES string of the molecule is COc1cccc(C=C([NH-])C(N)=Cc2cccc(OC)c2O)c1O.[Co]. The van der Waals surface area contributed by atoms with Crippen LogP contribution in [0.5, 0.6) is 23.0 Å². The monoisotopic (exact) mass is 386 g/mol. The van der Waals surface area contributed by atoms with Crippen LogP contribution in [0.3, 0.4) is 0 Å². The maximum atomic E-state index is 10.1. The van der Waals surface area contributed by atoms with Gasteiger partial charge in [0.1, 0.15) is 0 Å². The van der Waals surface area contributed by atoms with Crippen molar-refractivity contribution in [2.45, 2.75) is 0 Å². The number of rotatable bonds is 5. The van der Waals surface area contributed by atoms with E-state index in [1.165, 1.54) is 26.4 Å². The molecule has 2 rings (SSSR count). The predicted octanol–water partition coefficient (Wildman–Crippen LogP) is 3.51. The first kappa shape index (κ1) is 20.3. The molecule has 0 aromatic heterocycles. The Morgan fingerprint density at radius 3 is 1.80 bits per heavy atom. The molecule has 0 saturated heterocycles. The van der Waals surface area contributed by atoms with Crippen molar-refractivity contribution in [3.05, 3.63) is 64.7 Å². The zero-order chi connectivity index (χ0) is 17.7. The second-order valence-electron chi connectivity index (χ2n) is 4.95. The first-order valence-electron chi connectivity index (χ1n) is 7.10. The average molecular weight is 386 g/mol. The second-order valence-corrected chi connectivity index (χ2v) is 4.95. The Kier molecular flexibility index (Phi) is 7.22. The molecule has 6 nitrogen and oxygen atoms in total. The zero-order valence-electron chi connectivity index (χ0n) is 13.7. The van der Waals surface area contributed by atoms with E-state index in [4.69, 9.17) is 20.9 Å². The summed E-state index contributed by atoms with van der Waals surface area (Å²) in [5.74, 6) is 0.504. The van der Waals surface area contributed by atoms with E-state index < -0.39 is 0 Å². The number of methoxy groups -OCH3 is 2. The normalized spacial score (nSPS) is 11.6. The summed E-state index contributed by atoms with van der Waals surface area (Å²) < 4.78 is 10.1. The molecule has 1 radical (unpaired) electrons. The van der Waals surface area contributed by atoms with E-state index in [-0.39, 0.29) is 39.7 Å². The van der Waals surface area contributed by atoms with Gasteiger partial charge in [-0.2, -0.15) is 0 Å². The fourth-order valence-electron chi connectivity index (χ4n) is 2.13. The molecule has 0 atom stereocenters. The van der Waals surface area contributed by atoms with Crippen molar-refractivity contribution in [2.75, 3.05) is 14.2 Å². The molecule has 25 heavy (non-hydrogen) atoms. The standard InChI is InChI=1S/C18H19N2O4.Co/c1-23-15-7-3-5-11(17(15)21)9-13(19)14(20)10-12-6-4-8-16(24-2)18(12)22;/h3-10,19,21-22H,20H2,1-2H3;/q-1;. The summed E-state index contributed by atoms with van der Waals surface area (Å²) in [6, 6.07) is 9.94. The van der Waals surface area contributed by atoms with E-state index in [2.05, 4.69) is 0 Å². The summed E-state index contributed by atoms with van der Waals surface area (Å²) in [7, 11) is 2.90. The quantitative estimate of drug-likeness (QED) is 0.682. The number of hydrogen-bond acceptors (Lipinski definition) is 5. The molecule has 0 fully saturated rings. The molecule has 5 N–H and O–H groups in total. The fourth-order valence-corrected chi connectivity index (χ4v) is 2.13. The Bertz CT molecular complexity index is 736. The molecular weight excluding hydrogens is 367 g/mol.